The highest BCUT2D eigenvalue weighted by Gasteiger charge is 2.22. The van der Waals surface area contributed by atoms with Crippen LogP contribution in [-0.2, 0) is 26.0 Å². The van der Waals surface area contributed by atoms with Crippen molar-refractivity contribution >= 4 is 44.1 Å². The molecule has 12 heteroatoms. The number of ether oxygens (including phenoxy) is 1. The van der Waals surface area contributed by atoms with E-state index in [4.69, 9.17) is 4.74 Å². The topological polar surface area (TPSA) is 114 Å². The summed E-state index contributed by atoms with van der Waals surface area (Å²) in [6.07, 6.45) is -0.0557. The van der Waals surface area contributed by atoms with E-state index in [1.807, 2.05) is 0 Å². The molecule has 32 heavy (non-hydrogen) atoms. The van der Waals surface area contributed by atoms with Crippen LogP contribution in [0.5, 0.6) is 0 Å². The second-order valence-corrected chi connectivity index (χ2v) is 8.81. The molecule has 0 bridgehead atoms. The predicted octanol–water partition coefficient (Wildman–Crippen LogP) is 3.58. The van der Waals surface area contributed by atoms with Gasteiger partial charge in [-0.2, -0.15) is 0 Å². The number of carbonyl (C=O) groups is 2. The summed E-state index contributed by atoms with van der Waals surface area (Å²) in [5, 5.41) is 4.30. The molecule has 0 unspecified atom stereocenters. The first-order chi connectivity index (χ1) is 15.2. The SMILES string of the molecule is CCOC(=O)Cc1csc(NC(=O)c2ccccc2NS(=O)(=O)c2ccc(F)cc2F)n1. The number of hydrogen-bond acceptors (Lipinski definition) is 7. The van der Waals surface area contributed by atoms with Crippen molar-refractivity contribution in [3.8, 4) is 0 Å². The highest BCUT2D eigenvalue weighted by Crippen LogP contribution is 2.24. The number of nitrogens with one attached hydrogen (secondary N) is 2. The number of para-hydroxylation sites is 1. The Kier molecular flexibility index (Phi) is 7.15. The van der Waals surface area contributed by atoms with E-state index in [1.54, 1.807) is 12.3 Å². The van der Waals surface area contributed by atoms with Crippen molar-refractivity contribution in [1.82, 2.24) is 4.98 Å². The zero-order chi connectivity index (χ0) is 23.3. The number of halogens is 2. The largest absolute Gasteiger partial charge is 0.466 e. The zero-order valence-corrected chi connectivity index (χ0v) is 18.2. The van der Waals surface area contributed by atoms with Crippen molar-refractivity contribution in [1.29, 1.82) is 0 Å². The van der Waals surface area contributed by atoms with Crippen LogP contribution < -0.4 is 10.0 Å². The molecule has 3 aromatic rings. The maximum atomic E-state index is 14.0. The van der Waals surface area contributed by atoms with Crippen molar-refractivity contribution in [3.05, 3.63) is 70.7 Å². The van der Waals surface area contributed by atoms with E-state index in [2.05, 4.69) is 15.0 Å². The maximum absolute atomic E-state index is 14.0. The first-order valence-corrected chi connectivity index (χ1v) is 11.5. The summed E-state index contributed by atoms with van der Waals surface area (Å²) in [6.45, 7) is 1.92. The lowest BCUT2D eigenvalue weighted by atomic mass is 10.2. The molecule has 0 atom stereocenters. The number of esters is 1. The molecular formula is C20H17F2N3O5S2. The number of aromatic nitrogens is 1. The number of sulfonamides is 1. The molecule has 0 aliphatic heterocycles. The van der Waals surface area contributed by atoms with Crippen LogP contribution in [0.1, 0.15) is 23.0 Å². The van der Waals surface area contributed by atoms with E-state index < -0.39 is 38.4 Å². The molecule has 0 aliphatic rings. The van der Waals surface area contributed by atoms with Crippen LogP contribution in [0.15, 0.2) is 52.7 Å². The minimum atomic E-state index is -4.44. The quantitative estimate of drug-likeness (QED) is 0.476. The van der Waals surface area contributed by atoms with Gasteiger partial charge in [0, 0.05) is 11.4 Å². The summed E-state index contributed by atoms with van der Waals surface area (Å²) < 4.78 is 59.2. The van der Waals surface area contributed by atoms with Crippen molar-refractivity contribution in [2.24, 2.45) is 0 Å². The molecule has 1 heterocycles. The van der Waals surface area contributed by atoms with Gasteiger partial charge in [0.2, 0.25) is 0 Å². The summed E-state index contributed by atoms with van der Waals surface area (Å²) >= 11 is 1.08. The van der Waals surface area contributed by atoms with Gasteiger partial charge in [0.15, 0.2) is 5.13 Å². The Morgan fingerprint density at radius 2 is 1.91 bits per heavy atom. The number of carbonyl (C=O) groups excluding carboxylic acids is 2. The van der Waals surface area contributed by atoms with Crippen LogP contribution in [-0.4, -0.2) is 31.9 Å². The Morgan fingerprint density at radius 1 is 1.16 bits per heavy atom. The summed E-state index contributed by atoms with van der Waals surface area (Å²) in [4.78, 5) is 27.6. The molecular weight excluding hydrogens is 464 g/mol. The standard InChI is InChI=1S/C20H17F2N3O5S2/c1-2-30-18(26)10-13-11-31-20(23-13)24-19(27)14-5-3-4-6-16(14)25-32(28,29)17-8-7-12(21)9-15(17)22/h3-9,11,25H,2,10H2,1H3,(H,23,24,27). The van der Waals surface area contributed by atoms with Crippen LogP contribution in [0.25, 0.3) is 0 Å². The molecule has 0 fully saturated rings. The number of thiazole rings is 1. The third-order valence-corrected chi connectivity index (χ3v) is 6.21. The van der Waals surface area contributed by atoms with Crippen molar-refractivity contribution < 1.29 is 31.5 Å². The fraction of sp³-hybridized carbons (Fsp3) is 0.150. The first kappa shape index (κ1) is 23.3. The summed E-state index contributed by atoms with van der Waals surface area (Å²) in [5.74, 6) is -3.33. The second kappa shape index (κ2) is 9.83. The second-order valence-electron chi connectivity index (χ2n) is 6.31. The Hall–Kier alpha value is -3.38. The van der Waals surface area contributed by atoms with Crippen molar-refractivity contribution in [2.75, 3.05) is 16.6 Å². The van der Waals surface area contributed by atoms with E-state index in [1.165, 1.54) is 24.3 Å². The highest BCUT2D eigenvalue weighted by molar-refractivity contribution is 7.92. The van der Waals surface area contributed by atoms with Gasteiger partial charge < -0.3 is 4.74 Å². The maximum Gasteiger partial charge on any atom is 0.311 e. The van der Waals surface area contributed by atoms with Gasteiger partial charge in [-0.05, 0) is 31.2 Å². The van der Waals surface area contributed by atoms with Gasteiger partial charge in [-0.15, -0.1) is 11.3 Å². The average molecular weight is 482 g/mol. The molecule has 8 nitrogen and oxygen atoms in total. The Balaban J connectivity index is 1.78. The molecule has 1 aromatic heterocycles. The molecule has 0 radical (unpaired) electrons. The number of nitrogens with zero attached hydrogens (tertiary/aromatic N) is 1. The molecule has 0 saturated heterocycles. The van der Waals surface area contributed by atoms with Gasteiger partial charge in [0.1, 0.15) is 16.5 Å². The van der Waals surface area contributed by atoms with Crippen LogP contribution >= 0.6 is 11.3 Å². The van der Waals surface area contributed by atoms with Gasteiger partial charge in [-0.1, -0.05) is 12.1 Å². The van der Waals surface area contributed by atoms with Crippen LogP contribution in [0.3, 0.4) is 0 Å². The predicted molar refractivity (Wildman–Crippen MR) is 114 cm³/mol. The van der Waals surface area contributed by atoms with E-state index in [-0.39, 0.29) is 29.4 Å². The van der Waals surface area contributed by atoms with E-state index in [0.717, 1.165) is 23.5 Å². The average Bonchev–Trinajstić information content (AvgIpc) is 3.14. The fourth-order valence-electron chi connectivity index (χ4n) is 2.63. The van der Waals surface area contributed by atoms with Crippen LogP contribution in [0.2, 0.25) is 0 Å². The van der Waals surface area contributed by atoms with Gasteiger partial charge >= 0.3 is 5.97 Å². The summed E-state index contributed by atoms with van der Waals surface area (Å²) in [6, 6.07) is 7.73. The first-order valence-electron chi connectivity index (χ1n) is 9.18. The monoisotopic (exact) mass is 481 g/mol. The third-order valence-electron chi connectivity index (χ3n) is 4.00. The normalized spacial score (nSPS) is 11.1. The molecule has 2 N–H and O–H groups in total. The lowest BCUT2D eigenvalue weighted by molar-refractivity contribution is -0.142. The van der Waals surface area contributed by atoms with Gasteiger partial charge in [0.25, 0.3) is 15.9 Å². The fourth-order valence-corrected chi connectivity index (χ4v) is 4.48. The van der Waals surface area contributed by atoms with Gasteiger partial charge in [-0.3, -0.25) is 19.6 Å². The van der Waals surface area contributed by atoms with E-state index >= 15 is 0 Å². The number of rotatable bonds is 8. The Labute approximate surface area is 186 Å². The highest BCUT2D eigenvalue weighted by atomic mass is 32.2. The lowest BCUT2D eigenvalue weighted by Crippen LogP contribution is -2.19. The van der Waals surface area contributed by atoms with E-state index in [0.29, 0.717) is 11.8 Å². The van der Waals surface area contributed by atoms with Crippen molar-refractivity contribution in [3.63, 3.8) is 0 Å². The number of benzene rings is 2. The molecule has 168 valence electrons. The lowest BCUT2D eigenvalue weighted by Gasteiger charge is -2.12. The van der Waals surface area contributed by atoms with Gasteiger partial charge in [0.05, 0.1) is 30.0 Å². The molecule has 0 saturated carbocycles. The van der Waals surface area contributed by atoms with E-state index in [9.17, 15) is 26.8 Å². The molecule has 2 aromatic carbocycles. The van der Waals surface area contributed by atoms with Crippen LogP contribution in [0, 0.1) is 11.6 Å². The smallest absolute Gasteiger partial charge is 0.311 e. The summed E-state index contributed by atoms with van der Waals surface area (Å²) in [7, 11) is -4.44. The molecule has 0 spiro atoms. The summed E-state index contributed by atoms with van der Waals surface area (Å²) in [5.41, 5.74) is 0.238. The Bertz CT molecular complexity index is 1260. The minimum absolute atomic E-state index is 0.0549. The number of anilines is 2. The number of amides is 1. The Morgan fingerprint density at radius 3 is 2.62 bits per heavy atom. The number of hydrogen-bond donors (Lipinski definition) is 2. The van der Waals surface area contributed by atoms with Crippen molar-refractivity contribution in [2.45, 2.75) is 18.2 Å². The molecule has 0 aliphatic carbocycles. The molecule has 3 rings (SSSR count). The third kappa shape index (κ3) is 5.65. The minimum Gasteiger partial charge on any atom is -0.466 e. The molecule has 1 amide bonds. The zero-order valence-electron chi connectivity index (χ0n) is 16.6. The van der Waals surface area contributed by atoms with Gasteiger partial charge in [-0.25, -0.2) is 22.2 Å². The van der Waals surface area contributed by atoms with Crippen LogP contribution in [0.4, 0.5) is 19.6 Å².